The number of oxazole rings is 1. The first-order chi connectivity index (χ1) is 30.2. The molecule has 12 rings (SSSR count). The van der Waals surface area contributed by atoms with Crippen molar-refractivity contribution in [2.75, 3.05) is 4.90 Å². The molecule has 0 unspecified atom stereocenters. The van der Waals surface area contributed by atoms with Crippen molar-refractivity contribution in [3.63, 3.8) is 0 Å². The molecule has 0 amide bonds. The van der Waals surface area contributed by atoms with Crippen LogP contribution in [0.3, 0.4) is 0 Å². The van der Waals surface area contributed by atoms with Crippen LogP contribution < -0.4 is 4.90 Å². The molecule has 2 heterocycles. The third-order valence-electron chi connectivity index (χ3n) is 12.0. The highest BCUT2D eigenvalue weighted by Crippen LogP contribution is 2.43. The summed E-state index contributed by atoms with van der Waals surface area (Å²) < 4.78 is 8.86. The molecule has 0 bridgehead atoms. The summed E-state index contributed by atoms with van der Waals surface area (Å²) in [6.07, 6.45) is 0. The van der Waals surface area contributed by atoms with Gasteiger partial charge in [0.05, 0.1) is 11.0 Å². The van der Waals surface area contributed by atoms with Crippen LogP contribution in [0.15, 0.2) is 229 Å². The summed E-state index contributed by atoms with van der Waals surface area (Å²) >= 11 is 0. The van der Waals surface area contributed by atoms with E-state index in [0.29, 0.717) is 5.89 Å². The molecule has 0 N–H and O–H groups in total. The summed E-state index contributed by atoms with van der Waals surface area (Å²) in [6.45, 7) is 0. The topological polar surface area (TPSA) is 34.2 Å². The van der Waals surface area contributed by atoms with Crippen LogP contribution in [0.2, 0.25) is 0 Å². The molecule has 0 aliphatic heterocycles. The van der Waals surface area contributed by atoms with Gasteiger partial charge in [-0.05, 0) is 106 Å². The molecule has 12 aromatic rings. The van der Waals surface area contributed by atoms with Crippen LogP contribution in [0.5, 0.6) is 0 Å². The van der Waals surface area contributed by atoms with E-state index >= 15 is 0 Å². The van der Waals surface area contributed by atoms with E-state index in [1.807, 2.05) is 36.4 Å². The minimum atomic E-state index is 0.620. The molecule has 0 saturated carbocycles. The van der Waals surface area contributed by atoms with Crippen molar-refractivity contribution in [2.24, 2.45) is 0 Å². The van der Waals surface area contributed by atoms with Crippen LogP contribution in [0.4, 0.5) is 17.1 Å². The highest BCUT2D eigenvalue weighted by Gasteiger charge is 2.20. The molecule has 0 spiro atoms. The second-order valence-electron chi connectivity index (χ2n) is 15.6. The lowest BCUT2D eigenvalue weighted by atomic mass is 9.98. The fraction of sp³-hybridized carbons (Fsp3) is 0. The number of hydrogen-bond donors (Lipinski definition) is 0. The van der Waals surface area contributed by atoms with Crippen molar-refractivity contribution in [3.8, 4) is 39.4 Å². The van der Waals surface area contributed by atoms with Crippen molar-refractivity contribution in [3.05, 3.63) is 224 Å². The summed E-state index contributed by atoms with van der Waals surface area (Å²) in [7, 11) is 0. The first-order valence-corrected chi connectivity index (χ1v) is 20.7. The maximum Gasteiger partial charge on any atom is 0.227 e. The molecule has 4 heteroatoms. The van der Waals surface area contributed by atoms with Gasteiger partial charge in [0.2, 0.25) is 5.89 Å². The highest BCUT2D eigenvalue weighted by atomic mass is 16.3. The monoisotopic (exact) mass is 779 g/mol. The fourth-order valence-electron chi connectivity index (χ4n) is 9.14. The van der Waals surface area contributed by atoms with Crippen molar-refractivity contribution >= 4 is 71.5 Å². The van der Waals surface area contributed by atoms with Crippen molar-refractivity contribution in [2.45, 2.75) is 0 Å². The minimum absolute atomic E-state index is 0.620. The number of hydrogen-bond acceptors (Lipinski definition) is 3. The standard InChI is InChI=1S/C57H37N3O/c1-3-15-42(16-4-1)57-58-53-24-12-23-50(56(53)61-57)41-27-32-45(33-28-41)59(44-30-25-40(26-31-44)48-22-11-17-38-13-7-9-20-47(38)48)46-34-36-54-52(37-46)51-35-29-39-14-8-10-21-49(39)55(51)60(54)43-18-5-2-6-19-43/h1-37H. The van der Waals surface area contributed by atoms with Gasteiger partial charge in [0.25, 0.3) is 0 Å². The summed E-state index contributed by atoms with van der Waals surface area (Å²) in [6, 6.07) is 80.0. The first kappa shape index (κ1) is 34.8. The molecule has 0 aliphatic rings. The molecule has 0 atom stereocenters. The number of para-hydroxylation sites is 2. The third-order valence-corrected chi connectivity index (χ3v) is 12.0. The number of aromatic nitrogens is 2. The zero-order valence-electron chi connectivity index (χ0n) is 33.1. The van der Waals surface area contributed by atoms with E-state index in [1.54, 1.807) is 0 Å². The normalized spacial score (nSPS) is 11.6. The largest absolute Gasteiger partial charge is 0.435 e. The summed E-state index contributed by atoms with van der Waals surface area (Å²) in [5, 5.41) is 7.35. The summed E-state index contributed by atoms with van der Waals surface area (Å²) in [5.74, 6) is 0.620. The maximum absolute atomic E-state index is 6.44. The van der Waals surface area contributed by atoms with Crippen LogP contribution in [0.25, 0.3) is 93.8 Å². The van der Waals surface area contributed by atoms with Gasteiger partial charge in [-0.25, -0.2) is 4.98 Å². The Bertz CT molecular complexity index is 3560. The van der Waals surface area contributed by atoms with Gasteiger partial charge in [0.1, 0.15) is 5.52 Å². The average Bonchev–Trinajstić information content (AvgIpc) is 3.93. The van der Waals surface area contributed by atoms with Crippen LogP contribution >= 0.6 is 0 Å². The molecular weight excluding hydrogens is 743 g/mol. The van der Waals surface area contributed by atoms with Gasteiger partial charge in [-0.2, -0.15) is 0 Å². The molecule has 2 aromatic heterocycles. The number of benzene rings is 10. The van der Waals surface area contributed by atoms with Crippen LogP contribution in [0.1, 0.15) is 0 Å². The van der Waals surface area contributed by atoms with Crippen molar-refractivity contribution in [1.82, 2.24) is 9.55 Å². The molecule has 10 aromatic carbocycles. The van der Waals surface area contributed by atoms with Gasteiger partial charge >= 0.3 is 0 Å². The first-order valence-electron chi connectivity index (χ1n) is 20.7. The second kappa shape index (κ2) is 14.3. The van der Waals surface area contributed by atoms with Crippen molar-refractivity contribution in [1.29, 1.82) is 0 Å². The van der Waals surface area contributed by atoms with Gasteiger partial charge in [-0.15, -0.1) is 0 Å². The number of nitrogens with zero attached hydrogens (tertiary/aromatic N) is 3. The molecule has 286 valence electrons. The molecule has 4 nitrogen and oxygen atoms in total. The van der Waals surface area contributed by atoms with E-state index < -0.39 is 0 Å². The van der Waals surface area contributed by atoms with E-state index in [9.17, 15) is 0 Å². The van der Waals surface area contributed by atoms with Gasteiger partial charge in [0.15, 0.2) is 5.58 Å². The highest BCUT2D eigenvalue weighted by molar-refractivity contribution is 6.19. The molecule has 61 heavy (non-hydrogen) atoms. The molecule has 0 saturated heterocycles. The predicted octanol–water partition coefficient (Wildman–Crippen LogP) is 15.7. The van der Waals surface area contributed by atoms with Crippen molar-refractivity contribution < 1.29 is 4.42 Å². The summed E-state index contributed by atoms with van der Waals surface area (Å²) in [5.41, 5.74) is 13.7. The van der Waals surface area contributed by atoms with Crippen LogP contribution in [0, 0.1) is 0 Å². The Morgan fingerprint density at radius 2 is 0.984 bits per heavy atom. The second-order valence-corrected chi connectivity index (χ2v) is 15.6. The lowest BCUT2D eigenvalue weighted by Crippen LogP contribution is -2.10. The average molecular weight is 780 g/mol. The van der Waals surface area contributed by atoms with E-state index in [1.165, 1.54) is 49.0 Å². The van der Waals surface area contributed by atoms with E-state index in [0.717, 1.165) is 56.1 Å². The quantitative estimate of drug-likeness (QED) is 0.162. The fourth-order valence-corrected chi connectivity index (χ4v) is 9.14. The molecular formula is C57H37N3O. The Kier molecular flexibility index (Phi) is 8.13. The zero-order valence-corrected chi connectivity index (χ0v) is 33.1. The predicted molar refractivity (Wildman–Crippen MR) is 254 cm³/mol. The van der Waals surface area contributed by atoms with E-state index in [-0.39, 0.29) is 0 Å². The Balaban J connectivity index is 1.02. The minimum Gasteiger partial charge on any atom is -0.435 e. The SMILES string of the molecule is c1ccc(-c2nc3cccc(-c4ccc(N(c5ccc(-c6cccc7ccccc67)cc5)c5ccc6c(c5)c5ccc7ccccc7c5n6-c5ccccc5)cc4)c3o2)cc1. The van der Waals surface area contributed by atoms with Gasteiger partial charge in [-0.3, -0.25) is 0 Å². The van der Waals surface area contributed by atoms with Gasteiger partial charge < -0.3 is 13.9 Å². The number of fused-ring (bicyclic) bond motifs is 7. The Labute approximate surface area is 352 Å². The Morgan fingerprint density at radius 1 is 0.393 bits per heavy atom. The van der Waals surface area contributed by atoms with Crippen LogP contribution in [-0.2, 0) is 0 Å². The van der Waals surface area contributed by atoms with Gasteiger partial charge in [-0.1, -0.05) is 152 Å². The van der Waals surface area contributed by atoms with E-state index in [4.69, 9.17) is 9.40 Å². The molecule has 0 radical (unpaired) electrons. The lowest BCUT2D eigenvalue weighted by Gasteiger charge is -2.26. The van der Waals surface area contributed by atoms with Crippen LogP contribution in [-0.4, -0.2) is 9.55 Å². The maximum atomic E-state index is 6.44. The lowest BCUT2D eigenvalue weighted by molar-refractivity contribution is 0.621. The number of rotatable bonds is 7. The third kappa shape index (κ3) is 5.88. The zero-order chi connectivity index (χ0) is 40.3. The number of anilines is 3. The molecule has 0 fully saturated rings. The Morgan fingerprint density at radius 3 is 1.74 bits per heavy atom. The van der Waals surface area contributed by atoms with Gasteiger partial charge in [0, 0.05) is 50.0 Å². The smallest absolute Gasteiger partial charge is 0.227 e. The molecule has 0 aliphatic carbocycles. The Hall–Kier alpha value is -8.21. The summed E-state index contributed by atoms with van der Waals surface area (Å²) in [4.78, 5) is 7.21. The van der Waals surface area contributed by atoms with E-state index in [2.05, 4.69) is 198 Å².